The Kier molecular flexibility index (Phi) is 4.72. The minimum absolute atomic E-state index is 0.0687. The number of anilines is 1. The molecule has 0 spiro atoms. The van der Waals surface area contributed by atoms with E-state index in [0.717, 1.165) is 0 Å². The van der Waals surface area contributed by atoms with Gasteiger partial charge in [-0.15, -0.1) is 0 Å². The molecule has 2 rings (SSSR count). The van der Waals surface area contributed by atoms with Crippen molar-refractivity contribution < 1.29 is 19.1 Å². The fourth-order valence-corrected chi connectivity index (χ4v) is 2.49. The molecule has 1 atom stereocenters. The summed E-state index contributed by atoms with van der Waals surface area (Å²) in [4.78, 5) is 24.4. The lowest BCUT2D eigenvalue weighted by molar-refractivity contribution is -0.141. The Bertz CT molecular complexity index is 538. The summed E-state index contributed by atoms with van der Waals surface area (Å²) in [6.07, 6.45) is 0.537. The van der Waals surface area contributed by atoms with Gasteiger partial charge in [0.2, 0.25) is 5.91 Å². The molecule has 7 heteroatoms. The van der Waals surface area contributed by atoms with Gasteiger partial charge in [-0.25, -0.2) is 4.39 Å². The molecule has 0 radical (unpaired) electrons. The summed E-state index contributed by atoms with van der Waals surface area (Å²) >= 11 is 3.14. The number of likely N-dealkylation sites (tertiary alicyclic amines) is 1. The van der Waals surface area contributed by atoms with Crippen LogP contribution >= 0.6 is 15.9 Å². The average Bonchev–Trinajstić information content (AvgIpc) is 2.81. The number of aliphatic carboxylic acids is 1. The van der Waals surface area contributed by atoms with E-state index in [0.29, 0.717) is 24.0 Å². The number of halogens is 2. The number of rotatable bonds is 4. The van der Waals surface area contributed by atoms with Crippen molar-refractivity contribution >= 4 is 33.5 Å². The highest BCUT2D eigenvalue weighted by atomic mass is 79.9. The fraction of sp³-hybridized carbons (Fsp3) is 0.385. The summed E-state index contributed by atoms with van der Waals surface area (Å²) in [6.45, 7) is 0.984. The van der Waals surface area contributed by atoms with Gasteiger partial charge in [0.05, 0.1) is 18.2 Å². The van der Waals surface area contributed by atoms with Gasteiger partial charge in [-0.05, 0) is 31.2 Å². The van der Waals surface area contributed by atoms with Gasteiger partial charge in [0, 0.05) is 11.0 Å². The summed E-state index contributed by atoms with van der Waals surface area (Å²) in [6, 6.07) is 4.38. The van der Waals surface area contributed by atoms with E-state index in [1.54, 1.807) is 11.0 Å². The Hall–Kier alpha value is -1.47. The van der Waals surface area contributed by atoms with Gasteiger partial charge < -0.3 is 10.4 Å². The molecular weight excluding hydrogens is 331 g/mol. The van der Waals surface area contributed by atoms with Crippen LogP contribution < -0.4 is 5.32 Å². The Morgan fingerprint density at radius 1 is 1.50 bits per heavy atom. The summed E-state index contributed by atoms with van der Waals surface area (Å²) in [5, 5.41) is 11.4. The largest absolute Gasteiger partial charge is 0.481 e. The number of carboxylic acid groups (broad SMARTS) is 1. The summed E-state index contributed by atoms with van der Waals surface area (Å²) in [5.41, 5.74) is 0.118. The zero-order valence-electron chi connectivity index (χ0n) is 10.6. The molecule has 1 unspecified atom stereocenters. The molecular formula is C13H14BrFN2O3. The third kappa shape index (κ3) is 3.77. The van der Waals surface area contributed by atoms with E-state index in [-0.39, 0.29) is 18.1 Å². The molecule has 0 aliphatic carbocycles. The first-order valence-corrected chi connectivity index (χ1v) is 6.95. The van der Waals surface area contributed by atoms with E-state index in [9.17, 15) is 14.0 Å². The molecule has 1 fully saturated rings. The molecule has 1 aromatic rings. The Morgan fingerprint density at radius 3 is 2.85 bits per heavy atom. The van der Waals surface area contributed by atoms with Gasteiger partial charge in [0.25, 0.3) is 0 Å². The molecule has 1 aromatic carbocycles. The Labute approximate surface area is 123 Å². The number of benzene rings is 1. The van der Waals surface area contributed by atoms with Crippen molar-refractivity contribution in [1.82, 2.24) is 4.90 Å². The first-order chi connectivity index (χ1) is 9.45. The highest BCUT2D eigenvalue weighted by Gasteiger charge is 2.28. The van der Waals surface area contributed by atoms with Crippen LogP contribution in [0.1, 0.15) is 6.42 Å². The minimum Gasteiger partial charge on any atom is -0.481 e. The maximum Gasteiger partial charge on any atom is 0.307 e. The molecule has 1 amide bonds. The number of hydrogen-bond acceptors (Lipinski definition) is 3. The molecule has 1 aliphatic heterocycles. The normalized spacial score (nSPS) is 19.0. The molecule has 0 bridgehead atoms. The minimum atomic E-state index is -0.841. The fourth-order valence-electron chi connectivity index (χ4n) is 2.16. The summed E-state index contributed by atoms with van der Waals surface area (Å²) in [5.74, 6) is -2.13. The topological polar surface area (TPSA) is 69.6 Å². The van der Waals surface area contributed by atoms with Gasteiger partial charge in [-0.1, -0.05) is 15.9 Å². The first-order valence-electron chi connectivity index (χ1n) is 6.16. The van der Waals surface area contributed by atoms with Gasteiger partial charge in [0.15, 0.2) is 0 Å². The van der Waals surface area contributed by atoms with E-state index >= 15 is 0 Å². The molecule has 0 aromatic heterocycles. The van der Waals surface area contributed by atoms with Crippen LogP contribution in [-0.4, -0.2) is 41.5 Å². The Balaban J connectivity index is 1.88. The SMILES string of the molecule is O=C(CN1CCC(C(=O)O)C1)Nc1ccc(Br)cc1F. The van der Waals surface area contributed by atoms with Crippen molar-refractivity contribution in [3.8, 4) is 0 Å². The lowest BCUT2D eigenvalue weighted by Gasteiger charge is -2.15. The molecule has 108 valence electrons. The third-order valence-corrected chi connectivity index (χ3v) is 3.69. The molecule has 1 saturated heterocycles. The second kappa shape index (κ2) is 6.32. The number of nitrogens with one attached hydrogen (secondary N) is 1. The van der Waals surface area contributed by atoms with Gasteiger partial charge >= 0.3 is 5.97 Å². The van der Waals surface area contributed by atoms with E-state index in [2.05, 4.69) is 21.2 Å². The van der Waals surface area contributed by atoms with E-state index in [1.165, 1.54) is 12.1 Å². The zero-order chi connectivity index (χ0) is 14.7. The highest BCUT2D eigenvalue weighted by Crippen LogP contribution is 2.20. The molecule has 2 N–H and O–H groups in total. The van der Waals surface area contributed by atoms with Crippen molar-refractivity contribution in [2.24, 2.45) is 5.92 Å². The number of carbonyl (C=O) groups excluding carboxylic acids is 1. The average molecular weight is 345 g/mol. The lowest BCUT2D eigenvalue weighted by Crippen LogP contribution is -2.32. The van der Waals surface area contributed by atoms with E-state index in [1.807, 2.05) is 0 Å². The van der Waals surface area contributed by atoms with Gasteiger partial charge in [0.1, 0.15) is 5.82 Å². The number of nitrogens with zero attached hydrogens (tertiary/aromatic N) is 1. The lowest BCUT2D eigenvalue weighted by atomic mass is 10.1. The molecule has 5 nitrogen and oxygen atoms in total. The number of hydrogen-bond donors (Lipinski definition) is 2. The first kappa shape index (κ1) is 14.9. The van der Waals surface area contributed by atoms with Crippen LogP contribution in [0, 0.1) is 11.7 Å². The monoisotopic (exact) mass is 344 g/mol. The van der Waals surface area contributed by atoms with E-state index < -0.39 is 17.7 Å². The predicted molar refractivity (Wildman–Crippen MR) is 74.9 cm³/mol. The van der Waals surface area contributed by atoms with Crippen LogP contribution in [0.3, 0.4) is 0 Å². The van der Waals surface area contributed by atoms with Crippen molar-refractivity contribution in [2.45, 2.75) is 6.42 Å². The molecule has 1 heterocycles. The van der Waals surface area contributed by atoms with Gasteiger partial charge in [-0.3, -0.25) is 14.5 Å². The van der Waals surface area contributed by atoms with E-state index in [4.69, 9.17) is 5.11 Å². The molecule has 1 aliphatic rings. The summed E-state index contributed by atoms with van der Waals surface area (Å²) < 4.78 is 14.2. The molecule has 0 saturated carbocycles. The second-order valence-electron chi connectivity index (χ2n) is 4.73. The van der Waals surface area contributed by atoms with Crippen LogP contribution in [0.5, 0.6) is 0 Å². The van der Waals surface area contributed by atoms with Crippen molar-refractivity contribution in [1.29, 1.82) is 0 Å². The standard InChI is InChI=1S/C13H14BrFN2O3/c14-9-1-2-11(10(15)5-9)16-12(18)7-17-4-3-8(6-17)13(19)20/h1-2,5,8H,3-4,6-7H2,(H,16,18)(H,19,20). The van der Waals surface area contributed by atoms with Crippen molar-refractivity contribution in [2.75, 3.05) is 25.0 Å². The second-order valence-corrected chi connectivity index (χ2v) is 5.65. The van der Waals surface area contributed by atoms with Crippen molar-refractivity contribution in [3.63, 3.8) is 0 Å². The number of carboxylic acids is 1. The van der Waals surface area contributed by atoms with Crippen LogP contribution in [0.25, 0.3) is 0 Å². The number of amides is 1. The van der Waals surface area contributed by atoms with Crippen LogP contribution in [0.4, 0.5) is 10.1 Å². The zero-order valence-corrected chi connectivity index (χ0v) is 12.2. The van der Waals surface area contributed by atoms with Crippen LogP contribution in [-0.2, 0) is 9.59 Å². The van der Waals surface area contributed by atoms with Crippen LogP contribution in [0.15, 0.2) is 22.7 Å². The molecule has 20 heavy (non-hydrogen) atoms. The predicted octanol–water partition coefficient (Wildman–Crippen LogP) is 1.93. The van der Waals surface area contributed by atoms with Crippen LogP contribution in [0.2, 0.25) is 0 Å². The summed E-state index contributed by atoms with van der Waals surface area (Å²) in [7, 11) is 0. The quantitative estimate of drug-likeness (QED) is 0.875. The maximum absolute atomic E-state index is 13.6. The van der Waals surface area contributed by atoms with Gasteiger partial charge in [-0.2, -0.15) is 0 Å². The van der Waals surface area contributed by atoms with Crippen molar-refractivity contribution in [3.05, 3.63) is 28.5 Å². The smallest absolute Gasteiger partial charge is 0.307 e. The number of carbonyl (C=O) groups is 2. The Morgan fingerprint density at radius 2 is 2.25 bits per heavy atom. The maximum atomic E-state index is 13.6. The third-order valence-electron chi connectivity index (χ3n) is 3.19. The highest BCUT2D eigenvalue weighted by molar-refractivity contribution is 9.10.